The highest BCUT2D eigenvalue weighted by molar-refractivity contribution is 5.92. The number of nitrogens with zero attached hydrogens (tertiary/aromatic N) is 2. The van der Waals surface area contributed by atoms with Gasteiger partial charge in [-0.3, -0.25) is 4.79 Å². The molecule has 5 nitrogen and oxygen atoms in total. The Bertz CT molecular complexity index is 614. The highest BCUT2D eigenvalue weighted by Gasteiger charge is 2.32. The lowest BCUT2D eigenvalue weighted by atomic mass is 9.95. The maximum absolute atomic E-state index is 12.3. The summed E-state index contributed by atoms with van der Waals surface area (Å²) in [5.74, 6) is 0.964. The Morgan fingerprint density at radius 3 is 2.77 bits per heavy atom. The molecule has 1 amide bonds. The van der Waals surface area contributed by atoms with E-state index in [1.807, 2.05) is 42.6 Å². The third kappa shape index (κ3) is 3.48. The lowest BCUT2D eigenvalue weighted by Crippen LogP contribution is -2.29. The summed E-state index contributed by atoms with van der Waals surface area (Å²) in [5.41, 5.74) is 6.71. The number of amides is 1. The number of rotatable bonds is 4. The minimum absolute atomic E-state index is 0. The molecule has 3 N–H and O–H groups in total. The van der Waals surface area contributed by atoms with Crippen LogP contribution in [0.3, 0.4) is 0 Å². The van der Waals surface area contributed by atoms with Gasteiger partial charge in [0.25, 0.3) is 0 Å². The molecule has 0 saturated heterocycles. The molecule has 6 heteroatoms. The molecule has 1 fully saturated rings. The number of nitrogens with two attached hydrogens (primary N) is 1. The number of nitrogens with one attached hydrogen (secondary N) is 1. The summed E-state index contributed by atoms with van der Waals surface area (Å²) in [7, 11) is 0. The van der Waals surface area contributed by atoms with E-state index in [0.29, 0.717) is 18.3 Å². The predicted molar refractivity (Wildman–Crippen MR) is 89.3 cm³/mol. The van der Waals surface area contributed by atoms with E-state index in [4.69, 9.17) is 5.73 Å². The topological polar surface area (TPSA) is 72.9 Å². The van der Waals surface area contributed by atoms with Gasteiger partial charge in [-0.05, 0) is 37.4 Å². The molecular weight excluding hydrogens is 300 g/mol. The Hall–Kier alpha value is -1.85. The first-order chi connectivity index (χ1) is 10.3. The number of carbonyl (C=O) groups is 1. The molecule has 1 aromatic heterocycles. The first kappa shape index (κ1) is 16.5. The molecule has 0 spiro atoms. The molecule has 22 heavy (non-hydrogen) atoms. The summed E-state index contributed by atoms with van der Waals surface area (Å²) in [6.07, 6.45) is 4.90. The van der Waals surface area contributed by atoms with Gasteiger partial charge in [0.15, 0.2) is 5.82 Å². The van der Waals surface area contributed by atoms with Crippen LogP contribution in [0, 0.1) is 11.8 Å². The van der Waals surface area contributed by atoms with Gasteiger partial charge in [0.1, 0.15) is 0 Å². The summed E-state index contributed by atoms with van der Waals surface area (Å²) in [5, 5.41) is 7.31. The zero-order valence-corrected chi connectivity index (χ0v) is 13.1. The molecule has 1 heterocycles. The molecule has 1 saturated carbocycles. The number of hydrogen-bond donors (Lipinski definition) is 2. The largest absolute Gasteiger partial charge is 0.330 e. The second-order valence-corrected chi connectivity index (χ2v) is 5.50. The Morgan fingerprint density at radius 1 is 1.27 bits per heavy atom. The van der Waals surface area contributed by atoms with Crippen molar-refractivity contribution in [3.63, 3.8) is 0 Å². The first-order valence-corrected chi connectivity index (χ1v) is 7.40. The van der Waals surface area contributed by atoms with Crippen LogP contribution in [-0.2, 0) is 4.79 Å². The zero-order valence-electron chi connectivity index (χ0n) is 12.3. The first-order valence-electron chi connectivity index (χ1n) is 7.40. The smallest absolute Gasteiger partial charge is 0.229 e. The molecule has 0 radical (unpaired) electrons. The van der Waals surface area contributed by atoms with E-state index >= 15 is 0 Å². The summed E-state index contributed by atoms with van der Waals surface area (Å²) in [6, 6.07) is 11.6. The number of carbonyl (C=O) groups excluding carboxylic acids is 1. The van der Waals surface area contributed by atoms with Crippen molar-refractivity contribution in [3.05, 3.63) is 42.6 Å². The van der Waals surface area contributed by atoms with Gasteiger partial charge in [0.05, 0.1) is 5.69 Å². The zero-order chi connectivity index (χ0) is 14.7. The van der Waals surface area contributed by atoms with Crippen molar-refractivity contribution in [2.24, 2.45) is 17.6 Å². The van der Waals surface area contributed by atoms with Crippen LogP contribution in [0.25, 0.3) is 5.69 Å². The van der Waals surface area contributed by atoms with Crippen LogP contribution in [0.15, 0.2) is 42.6 Å². The van der Waals surface area contributed by atoms with Crippen LogP contribution >= 0.6 is 12.4 Å². The van der Waals surface area contributed by atoms with Crippen LogP contribution < -0.4 is 11.1 Å². The van der Waals surface area contributed by atoms with E-state index in [1.165, 1.54) is 0 Å². The van der Waals surface area contributed by atoms with E-state index < -0.39 is 0 Å². The van der Waals surface area contributed by atoms with Gasteiger partial charge >= 0.3 is 0 Å². The third-order valence-electron chi connectivity index (χ3n) is 4.16. The predicted octanol–water partition coefficient (Wildman–Crippen LogP) is 2.61. The van der Waals surface area contributed by atoms with Gasteiger partial charge in [0.2, 0.25) is 5.91 Å². The van der Waals surface area contributed by atoms with Crippen LogP contribution in [0.2, 0.25) is 0 Å². The molecule has 0 bridgehead atoms. The lowest BCUT2D eigenvalue weighted by molar-refractivity contribution is -0.120. The van der Waals surface area contributed by atoms with Crippen molar-refractivity contribution >= 4 is 24.1 Å². The summed E-state index contributed by atoms with van der Waals surface area (Å²) >= 11 is 0. The molecule has 0 unspecified atom stereocenters. The van der Waals surface area contributed by atoms with Gasteiger partial charge < -0.3 is 11.1 Å². The van der Waals surface area contributed by atoms with Crippen molar-refractivity contribution in [1.29, 1.82) is 0 Å². The molecule has 3 rings (SSSR count). The highest BCUT2D eigenvalue weighted by Crippen LogP contribution is 2.31. The number of hydrogen-bond acceptors (Lipinski definition) is 3. The normalized spacial score (nSPS) is 20.4. The Morgan fingerprint density at radius 2 is 2.05 bits per heavy atom. The van der Waals surface area contributed by atoms with Gasteiger partial charge in [-0.1, -0.05) is 24.6 Å². The molecule has 2 atom stereocenters. The Labute approximate surface area is 136 Å². The van der Waals surface area contributed by atoms with Crippen molar-refractivity contribution in [1.82, 2.24) is 9.78 Å². The van der Waals surface area contributed by atoms with E-state index in [9.17, 15) is 4.79 Å². The van der Waals surface area contributed by atoms with E-state index in [2.05, 4.69) is 10.4 Å². The molecule has 118 valence electrons. The Balaban J connectivity index is 0.00000176. The van der Waals surface area contributed by atoms with Crippen molar-refractivity contribution in [2.75, 3.05) is 11.9 Å². The average molecular weight is 321 g/mol. The van der Waals surface area contributed by atoms with Gasteiger partial charge in [-0.15, -0.1) is 12.4 Å². The fraction of sp³-hybridized carbons (Fsp3) is 0.375. The van der Waals surface area contributed by atoms with E-state index in [1.54, 1.807) is 4.68 Å². The van der Waals surface area contributed by atoms with Crippen LogP contribution in [0.5, 0.6) is 0 Å². The van der Waals surface area contributed by atoms with E-state index in [0.717, 1.165) is 24.9 Å². The minimum Gasteiger partial charge on any atom is -0.330 e. The number of halogens is 1. The van der Waals surface area contributed by atoms with Gasteiger partial charge in [-0.25, -0.2) is 4.68 Å². The fourth-order valence-corrected chi connectivity index (χ4v) is 3.00. The molecule has 1 aliphatic rings. The monoisotopic (exact) mass is 320 g/mol. The number of benzene rings is 1. The number of para-hydroxylation sites is 1. The van der Waals surface area contributed by atoms with Crippen molar-refractivity contribution in [3.8, 4) is 5.69 Å². The van der Waals surface area contributed by atoms with Crippen molar-refractivity contribution < 1.29 is 4.79 Å². The quantitative estimate of drug-likeness (QED) is 0.909. The van der Waals surface area contributed by atoms with E-state index in [-0.39, 0.29) is 24.2 Å². The maximum atomic E-state index is 12.3. The van der Waals surface area contributed by atoms with Crippen LogP contribution in [-0.4, -0.2) is 22.2 Å². The lowest BCUT2D eigenvalue weighted by Gasteiger charge is -2.16. The molecule has 0 aliphatic heterocycles. The third-order valence-corrected chi connectivity index (χ3v) is 4.16. The summed E-state index contributed by atoms with van der Waals surface area (Å²) in [6.45, 7) is 0.580. The van der Waals surface area contributed by atoms with Crippen molar-refractivity contribution in [2.45, 2.75) is 19.3 Å². The van der Waals surface area contributed by atoms with Gasteiger partial charge in [-0.2, -0.15) is 5.10 Å². The standard InChI is InChI=1S/C16H20N4O.ClH/c17-11-12-5-4-8-14(12)16(21)18-15-9-10-20(19-15)13-6-2-1-3-7-13;/h1-3,6-7,9-10,12,14H,4-5,8,11,17H2,(H,18,19,21);1H/t12-,14-;/m1./s1. The SMILES string of the molecule is Cl.NC[C@H]1CCC[C@H]1C(=O)Nc1ccn(-c2ccccc2)n1. The second kappa shape index (κ2) is 7.42. The molecule has 1 aliphatic carbocycles. The maximum Gasteiger partial charge on any atom is 0.229 e. The number of anilines is 1. The number of aromatic nitrogens is 2. The fourth-order valence-electron chi connectivity index (χ4n) is 3.00. The Kier molecular flexibility index (Phi) is 5.57. The summed E-state index contributed by atoms with van der Waals surface area (Å²) < 4.78 is 1.75. The van der Waals surface area contributed by atoms with Crippen LogP contribution in [0.4, 0.5) is 5.82 Å². The second-order valence-electron chi connectivity index (χ2n) is 5.50. The van der Waals surface area contributed by atoms with Gasteiger partial charge in [0, 0.05) is 18.2 Å². The average Bonchev–Trinajstić information content (AvgIpc) is 3.16. The molecule has 2 aromatic rings. The summed E-state index contributed by atoms with van der Waals surface area (Å²) in [4.78, 5) is 12.3. The minimum atomic E-state index is 0. The molecule has 1 aromatic carbocycles. The molecular formula is C16H21ClN4O. The highest BCUT2D eigenvalue weighted by atomic mass is 35.5. The van der Waals surface area contributed by atoms with Crippen LogP contribution in [0.1, 0.15) is 19.3 Å².